The van der Waals surface area contributed by atoms with E-state index in [1.54, 1.807) is 24.4 Å². The summed E-state index contributed by atoms with van der Waals surface area (Å²) in [6, 6.07) is 37.6. The van der Waals surface area contributed by atoms with E-state index >= 15 is 0 Å². The van der Waals surface area contributed by atoms with E-state index in [9.17, 15) is 0 Å². The van der Waals surface area contributed by atoms with Gasteiger partial charge in [0.1, 0.15) is 12.7 Å². The summed E-state index contributed by atoms with van der Waals surface area (Å²) in [6.45, 7) is 0. The van der Waals surface area contributed by atoms with Crippen molar-refractivity contribution >= 4 is 68.2 Å². The largest absolute Gasteiger partial charge is 0.453 e. The first kappa shape index (κ1) is 23.7. The molecule has 9 nitrogen and oxygen atoms in total. The van der Waals surface area contributed by atoms with Crippen molar-refractivity contribution in [3.63, 3.8) is 0 Å². The number of anilines is 6. The van der Waals surface area contributed by atoms with Gasteiger partial charge >= 0.3 is 0 Å². The van der Waals surface area contributed by atoms with Gasteiger partial charge in [-0.1, -0.05) is 60.3 Å². The molecule has 10 heteroatoms. The molecule has 0 radical (unpaired) electrons. The summed E-state index contributed by atoms with van der Waals surface area (Å²) >= 11 is 1.79. The molecule has 208 valence electrons. The van der Waals surface area contributed by atoms with Gasteiger partial charge in [0, 0.05) is 9.79 Å². The molecule has 10 rings (SSSR count). The lowest BCUT2D eigenvalue weighted by Gasteiger charge is -2.36. The van der Waals surface area contributed by atoms with Gasteiger partial charge in [-0.3, -0.25) is 8.80 Å². The van der Waals surface area contributed by atoms with Crippen LogP contribution in [0.15, 0.2) is 132 Å². The second-order valence-corrected chi connectivity index (χ2v) is 11.7. The maximum absolute atomic E-state index is 6.36. The molecule has 8 aromatic rings. The van der Waals surface area contributed by atoms with E-state index in [-0.39, 0.29) is 0 Å². The van der Waals surface area contributed by atoms with Gasteiger partial charge in [-0.25, -0.2) is 0 Å². The monoisotopic (exact) mass is 588 g/mol. The van der Waals surface area contributed by atoms with Crippen molar-refractivity contribution in [1.82, 2.24) is 29.2 Å². The molecule has 44 heavy (non-hydrogen) atoms. The highest BCUT2D eigenvalue weighted by Gasteiger charge is 2.32. The van der Waals surface area contributed by atoms with Crippen LogP contribution in [-0.2, 0) is 0 Å². The SMILES string of the molecule is c1ccc2c(c1)Oc1ccccc1N2c1ccc(N2c3ccccc3Sc3ccccc32)c2c1n1cnnc1c1nncn12. The number of ether oxygens (including phenoxy) is 1. The molecule has 0 atom stereocenters. The van der Waals surface area contributed by atoms with Crippen LogP contribution < -0.4 is 14.5 Å². The second kappa shape index (κ2) is 8.82. The molecular weight excluding hydrogens is 568 g/mol. The van der Waals surface area contributed by atoms with Gasteiger partial charge in [-0.2, -0.15) is 0 Å². The van der Waals surface area contributed by atoms with Gasteiger partial charge in [-0.05, 0) is 60.7 Å². The van der Waals surface area contributed by atoms with Crippen LogP contribution in [0.2, 0.25) is 0 Å². The van der Waals surface area contributed by atoms with E-state index in [0.717, 1.165) is 56.7 Å². The molecule has 5 aromatic carbocycles. The molecular formula is C34H20N8OS. The number of fused-ring (bicyclic) bond motifs is 10. The van der Waals surface area contributed by atoms with E-state index in [2.05, 4.69) is 103 Å². The van der Waals surface area contributed by atoms with Gasteiger partial charge in [0.2, 0.25) is 11.3 Å². The molecule has 0 bridgehead atoms. The molecule has 0 aliphatic carbocycles. The molecule has 2 aliphatic rings. The molecule has 0 saturated heterocycles. The Labute approximate surface area is 254 Å². The Morgan fingerprint density at radius 3 is 1.41 bits per heavy atom. The Morgan fingerprint density at radius 1 is 0.455 bits per heavy atom. The van der Waals surface area contributed by atoms with Crippen molar-refractivity contribution in [3.05, 3.63) is 122 Å². The number of rotatable bonds is 2. The van der Waals surface area contributed by atoms with Crippen LogP contribution in [0.5, 0.6) is 11.5 Å². The number of para-hydroxylation sites is 6. The molecule has 0 amide bonds. The Hall–Kier alpha value is -5.87. The second-order valence-electron chi connectivity index (χ2n) is 10.6. The zero-order valence-corrected chi connectivity index (χ0v) is 23.8. The fourth-order valence-corrected chi connectivity index (χ4v) is 7.48. The van der Waals surface area contributed by atoms with E-state index in [0.29, 0.717) is 11.3 Å². The van der Waals surface area contributed by atoms with Gasteiger partial charge in [0.15, 0.2) is 11.5 Å². The van der Waals surface area contributed by atoms with Crippen molar-refractivity contribution in [2.45, 2.75) is 9.79 Å². The predicted octanol–water partition coefficient (Wildman–Crippen LogP) is 8.44. The van der Waals surface area contributed by atoms with Crippen LogP contribution in [0.1, 0.15) is 0 Å². The zero-order chi connectivity index (χ0) is 28.8. The van der Waals surface area contributed by atoms with Gasteiger partial charge < -0.3 is 14.5 Å². The van der Waals surface area contributed by atoms with Gasteiger partial charge in [0.25, 0.3) is 0 Å². The van der Waals surface area contributed by atoms with Crippen LogP contribution in [0.3, 0.4) is 0 Å². The van der Waals surface area contributed by atoms with Crippen LogP contribution in [0, 0.1) is 0 Å². The van der Waals surface area contributed by atoms with Gasteiger partial charge in [-0.15, -0.1) is 20.4 Å². The quantitative estimate of drug-likeness (QED) is 0.199. The lowest BCUT2D eigenvalue weighted by Crippen LogP contribution is -2.19. The summed E-state index contributed by atoms with van der Waals surface area (Å²) in [6.07, 6.45) is 3.52. The van der Waals surface area contributed by atoms with Crippen LogP contribution in [0.25, 0.3) is 22.3 Å². The lowest BCUT2D eigenvalue weighted by atomic mass is 10.1. The molecule has 3 aromatic heterocycles. The number of nitrogens with zero attached hydrogens (tertiary/aromatic N) is 8. The minimum absolute atomic E-state index is 0.623. The van der Waals surface area contributed by atoms with E-state index in [4.69, 9.17) is 4.74 Å². The van der Waals surface area contributed by atoms with Crippen LogP contribution in [0.4, 0.5) is 34.1 Å². The Balaban J connectivity index is 1.36. The number of aromatic nitrogens is 6. The lowest BCUT2D eigenvalue weighted by molar-refractivity contribution is 0.477. The Morgan fingerprint density at radius 2 is 0.886 bits per heavy atom. The van der Waals surface area contributed by atoms with Gasteiger partial charge in [0.05, 0.1) is 45.2 Å². The number of benzene rings is 5. The summed E-state index contributed by atoms with van der Waals surface area (Å²) in [4.78, 5) is 6.96. The first-order chi connectivity index (χ1) is 21.8. The average Bonchev–Trinajstić information content (AvgIpc) is 3.76. The maximum atomic E-state index is 6.36. The molecule has 0 N–H and O–H groups in total. The maximum Gasteiger partial charge on any atom is 0.206 e. The molecule has 0 fully saturated rings. The third-order valence-electron chi connectivity index (χ3n) is 8.23. The normalized spacial score (nSPS) is 13.5. The first-order valence-electron chi connectivity index (χ1n) is 14.2. The van der Waals surface area contributed by atoms with Crippen molar-refractivity contribution < 1.29 is 4.74 Å². The highest BCUT2D eigenvalue weighted by atomic mass is 32.2. The van der Waals surface area contributed by atoms with Crippen molar-refractivity contribution in [1.29, 1.82) is 0 Å². The minimum Gasteiger partial charge on any atom is -0.453 e. The topological polar surface area (TPSA) is 76.1 Å². The molecule has 0 saturated carbocycles. The highest BCUT2D eigenvalue weighted by molar-refractivity contribution is 7.99. The summed E-state index contributed by atoms with van der Waals surface area (Å²) < 4.78 is 10.4. The van der Waals surface area contributed by atoms with Crippen molar-refractivity contribution in [3.8, 4) is 11.5 Å². The fraction of sp³-hybridized carbons (Fsp3) is 0. The molecule has 0 spiro atoms. The predicted molar refractivity (Wildman–Crippen MR) is 171 cm³/mol. The third-order valence-corrected chi connectivity index (χ3v) is 9.36. The number of hydrogen-bond donors (Lipinski definition) is 0. The summed E-state index contributed by atoms with van der Waals surface area (Å²) in [5.74, 6) is 1.56. The molecule has 2 aliphatic heterocycles. The van der Waals surface area contributed by atoms with E-state index in [1.807, 2.05) is 45.2 Å². The average molecular weight is 589 g/mol. The standard InChI is InChI=1S/C34H20N8OS/c1-5-13-27-21(9-1)41(22-10-2-6-14-28(22)43-27)25-17-18-26(32-31(25)39-19-35-37-33(39)34-38-36-20-40(32)34)42-23-11-3-7-15-29(23)44-30-16-8-4-12-24(30)42/h1-20H. The van der Waals surface area contributed by atoms with Crippen molar-refractivity contribution in [2.24, 2.45) is 0 Å². The fourth-order valence-electron chi connectivity index (χ4n) is 6.42. The van der Waals surface area contributed by atoms with Crippen LogP contribution >= 0.6 is 11.8 Å². The smallest absolute Gasteiger partial charge is 0.206 e. The summed E-state index contributed by atoms with van der Waals surface area (Å²) in [5, 5.41) is 17.7. The highest BCUT2D eigenvalue weighted by Crippen LogP contribution is 2.55. The minimum atomic E-state index is 0.623. The number of hydrogen-bond acceptors (Lipinski definition) is 8. The van der Waals surface area contributed by atoms with E-state index in [1.165, 1.54) is 9.79 Å². The van der Waals surface area contributed by atoms with Crippen LogP contribution in [-0.4, -0.2) is 29.2 Å². The summed E-state index contributed by atoms with van der Waals surface area (Å²) in [5.41, 5.74) is 9.12. The zero-order valence-electron chi connectivity index (χ0n) is 22.9. The first-order valence-corrected chi connectivity index (χ1v) is 15.0. The Kier molecular flexibility index (Phi) is 4.74. The third kappa shape index (κ3) is 3.14. The van der Waals surface area contributed by atoms with Crippen molar-refractivity contribution in [2.75, 3.05) is 9.80 Å². The molecule has 0 unspecified atom stereocenters. The molecule has 5 heterocycles. The Bertz CT molecular complexity index is 2190. The van der Waals surface area contributed by atoms with E-state index < -0.39 is 0 Å². The summed E-state index contributed by atoms with van der Waals surface area (Å²) in [7, 11) is 0.